The summed E-state index contributed by atoms with van der Waals surface area (Å²) in [6.45, 7) is 9.85. The van der Waals surface area contributed by atoms with Gasteiger partial charge in [0.25, 0.3) is 0 Å². The van der Waals surface area contributed by atoms with Crippen LogP contribution >= 0.6 is 0 Å². The van der Waals surface area contributed by atoms with Crippen molar-refractivity contribution in [3.63, 3.8) is 0 Å². The second-order valence-corrected chi connectivity index (χ2v) is 6.56. The second-order valence-electron chi connectivity index (χ2n) is 6.56. The normalized spacial score (nSPS) is 18.5. The number of hydrogen-bond acceptors (Lipinski definition) is 6. The van der Waals surface area contributed by atoms with Crippen LogP contribution in [0.3, 0.4) is 0 Å². The third-order valence-corrected chi connectivity index (χ3v) is 3.98. The quantitative estimate of drug-likeness (QED) is 0.915. The highest BCUT2D eigenvalue weighted by atomic mass is 15.2. The summed E-state index contributed by atoms with van der Waals surface area (Å²) in [5.41, 5.74) is 1.11. The summed E-state index contributed by atoms with van der Waals surface area (Å²) < 4.78 is 0. The van der Waals surface area contributed by atoms with Gasteiger partial charge < -0.3 is 10.2 Å². The summed E-state index contributed by atoms with van der Waals surface area (Å²) in [4.78, 5) is 20.0. The molecule has 2 aromatic heterocycles. The molecule has 1 N–H and O–H groups in total. The van der Waals surface area contributed by atoms with Gasteiger partial charge in [0.15, 0.2) is 0 Å². The van der Waals surface area contributed by atoms with E-state index in [4.69, 9.17) is 0 Å². The first-order valence-electron chi connectivity index (χ1n) is 8.22. The lowest BCUT2D eigenvalue weighted by atomic mass is 10.0. The fourth-order valence-electron chi connectivity index (χ4n) is 3.10. The standard InChI is InChI=1S/C17H24N6/c1-12(2)10-23-8-5-14(11-23)15-9-16(21-13(3)20-15)22-17-18-6-4-7-19-17/h4,6-7,9,12,14H,5,8,10-11H2,1-3H3,(H,18,19,20,21,22)/t14-/m0/s1. The molecule has 0 spiro atoms. The van der Waals surface area contributed by atoms with Crippen molar-refractivity contribution >= 4 is 11.8 Å². The van der Waals surface area contributed by atoms with Crippen molar-refractivity contribution in [2.24, 2.45) is 5.92 Å². The van der Waals surface area contributed by atoms with Crippen molar-refractivity contribution in [1.29, 1.82) is 0 Å². The van der Waals surface area contributed by atoms with Crippen molar-refractivity contribution in [3.8, 4) is 0 Å². The molecule has 0 aromatic carbocycles. The van der Waals surface area contributed by atoms with Crippen LogP contribution in [0.1, 0.15) is 37.7 Å². The molecule has 0 saturated carbocycles. The maximum atomic E-state index is 4.65. The molecule has 0 unspecified atom stereocenters. The molecule has 0 aliphatic carbocycles. The van der Waals surface area contributed by atoms with Gasteiger partial charge >= 0.3 is 0 Å². The van der Waals surface area contributed by atoms with Gasteiger partial charge in [-0.05, 0) is 31.9 Å². The molecule has 3 heterocycles. The molecule has 2 aromatic rings. The molecular weight excluding hydrogens is 288 g/mol. The van der Waals surface area contributed by atoms with E-state index in [0.29, 0.717) is 17.8 Å². The number of aryl methyl sites for hydroxylation is 1. The van der Waals surface area contributed by atoms with Crippen LogP contribution in [0.4, 0.5) is 11.8 Å². The van der Waals surface area contributed by atoms with Gasteiger partial charge in [-0.15, -0.1) is 0 Å². The van der Waals surface area contributed by atoms with Crippen LogP contribution in [0.15, 0.2) is 24.5 Å². The predicted octanol–water partition coefficient (Wildman–Crippen LogP) is 2.76. The van der Waals surface area contributed by atoms with Crippen molar-refractivity contribution < 1.29 is 0 Å². The van der Waals surface area contributed by atoms with Crippen LogP contribution in [-0.2, 0) is 0 Å². The number of anilines is 2. The molecule has 1 fully saturated rings. The Morgan fingerprint density at radius 1 is 1.26 bits per heavy atom. The van der Waals surface area contributed by atoms with E-state index >= 15 is 0 Å². The molecular formula is C17H24N6. The van der Waals surface area contributed by atoms with Crippen LogP contribution in [0.5, 0.6) is 0 Å². The summed E-state index contributed by atoms with van der Waals surface area (Å²) in [7, 11) is 0. The van der Waals surface area contributed by atoms with Crippen molar-refractivity contribution in [3.05, 3.63) is 36.0 Å². The highest BCUT2D eigenvalue weighted by molar-refractivity contribution is 5.48. The SMILES string of the molecule is Cc1nc(Nc2ncccn2)cc([C@H]2CCN(CC(C)C)C2)n1. The average Bonchev–Trinajstić information content (AvgIpc) is 2.95. The van der Waals surface area contributed by atoms with E-state index < -0.39 is 0 Å². The van der Waals surface area contributed by atoms with E-state index in [-0.39, 0.29) is 0 Å². The minimum absolute atomic E-state index is 0.479. The van der Waals surface area contributed by atoms with Crippen molar-refractivity contribution in [1.82, 2.24) is 24.8 Å². The largest absolute Gasteiger partial charge is 0.309 e. The van der Waals surface area contributed by atoms with E-state index in [1.807, 2.05) is 13.0 Å². The Hall–Kier alpha value is -2.08. The number of hydrogen-bond donors (Lipinski definition) is 1. The average molecular weight is 312 g/mol. The highest BCUT2D eigenvalue weighted by Gasteiger charge is 2.25. The molecule has 6 nitrogen and oxygen atoms in total. The summed E-state index contributed by atoms with van der Waals surface area (Å²) in [6.07, 6.45) is 4.58. The molecule has 1 atom stereocenters. The van der Waals surface area contributed by atoms with Gasteiger partial charge in [0.2, 0.25) is 5.95 Å². The van der Waals surface area contributed by atoms with Crippen molar-refractivity contribution in [2.75, 3.05) is 25.0 Å². The Labute approximate surface area is 137 Å². The minimum Gasteiger partial charge on any atom is -0.309 e. The summed E-state index contributed by atoms with van der Waals surface area (Å²) >= 11 is 0. The molecule has 1 aliphatic rings. The summed E-state index contributed by atoms with van der Waals surface area (Å²) in [6, 6.07) is 3.83. The molecule has 23 heavy (non-hydrogen) atoms. The molecule has 6 heteroatoms. The Morgan fingerprint density at radius 2 is 2.04 bits per heavy atom. The van der Waals surface area contributed by atoms with Gasteiger partial charge in [-0.25, -0.2) is 19.9 Å². The van der Waals surface area contributed by atoms with Crippen LogP contribution in [0.2, 0.25) is 0 Å². The van der Waals surface area contributed by atoms with Crippen LogP contribution < -0.4 is 5.32 Å². The molecule has 0 amide bonds. The molecule has 0 bridgehead atoms. The zero-order valence-corrected chi connectivity index (χ0v) is 14.0. The molecule has 1 saturated heterocycles. The van der Waals surface area contributed by atoms with Crippen LogP contribution in [0, 0.1) is 12.8 Å². The fraction of sp³-hybridized carbons (Fsp3) is 0.529. The van der Waals surface area contributed by atoms with E-state index in [2.05, 4.69) is 44.0 Å². The third-order valence-electron chi connectivity index (χ3n) is 3.98. The lowest BCUT2D eigenvalue weighted by Gasteiger charge is -2.18. The first-order chi connectivity index (χ1) is 11.1. The van der Waals surface area contributed by atoms with Gasteiger partial charge in [0.1, 0.15) is 11.6 Å². The van der Waals surface area contributed by atoms with Gasteiger partial charge in [-0.3, -0.25) is 0 Å². The number of likely N-dealkylation sites (tertiary alicyclic amines) is 1. The smallest absolute Gasteiger partial charge is 0.228 e. The number of nitrogens with zero attached hydrogens (tertiary/aromatic N) is 5. The maximum absolute atomic E-state index is 4.65. The molecule has 0 radical (unpaired) electrons. The molecule has 1 aliphatic heterocycles. The van der Waals surface area contributed by atoms with E-state index in [1.165, 1.54) is 0 Å². The number of nitrogens with one attached hydrogen (secondary N) is 1. The molecule has 122 valence electrons. The zero-order chi connectivity index (χ0) is 16.2. The monoisotopic (exact) mass is 312 g/mol. The lowest BCUT2D eigenvalue weighted by Crippen LogP contribution is -2.25. The Morgan fingerprint density at radius 3 is 2.78 bits per heavy atom. The maximum Gasteiger partial charge on any atom is 0.228 e. The number of rotatable bonds is 5. The topological polar surface area (TPSA) is 66.8 Å². The van der Waals surface area contributed by atoms with Gasteiger partial charge in [0.05, 0.1) is 5.69 Å². The highest BCUT2D eigenvalue weighted by Crippen LogP contribution is 2.28. The van der Waals surface area contributed by atoms with Gasteiger partial charge in [0, 0.05) is 37.5 Å². The Balaban J connectivity index is 1.73. The third kappa shape index (κ3) is 4.22. The van der Waals surface area contributed by atoms with Gasteiger partial charge in [-0.2, -0.15) is 0 Å². The second kappa shape index (κ2) is 7.00. The zero-order valence-electron chi connectivity index (χ0n) is 14.0. The number of aromatic nitrogens is 4. The van der Waals surface area contributed by atoms with Crippen molar-refractivity contribution in [2.45, 2.75) is 33.1 Å². The van der Waals surface area contributed by atoms with Crippen LogP contribution in [0.25, 0.3) is 0 Å². The Kier molecular flexibility index (Phi) is 4.81. The summed E-state index contributed by atoms with van der Waals surface area (Å²) in [5.74, 6) is 3.29. The Bertz CT molecular complexity index is 643. The lowest BCUT2D eigenvalue weighted by molar-refractivity contribution is 0.294. The van der Waals surface area contributed by atoms with Crippen LogP contribution in [-0.4, -0.2) is 44.5 Å². The molecule has 3 rings (SSSR count). The van der Waals surface area contributed by atoms with E-state index in [1.54, 1.807) is 18.5 Å². The first kappa shape index (κ1) is 15.8. The first-order valence-corrected chi connectivity index (χ1v) is 8.22. The fourth-order valence-corrected chi connectivity index (χ4v) is 3.10. The minimum atomic E-state index is 0.479. The van der Waals surface area contributed by atoms with Gasteiger partial charge in [-0.1, -0.05) is 13.8 Å². The van der Waals surface area contributed by atoms with E-state index in [9.17, 15) is 0 Å². The predicted molar refractivity (Wildman–Crippen MR) is 90.7 cm³/mol. The summed E-state index contributed by atoms with van der Waals surface area (Å²) in [5, 5.41) is 3.17. The van der Waals surface area contributed by atoms with E-state index in [0.717, 1.165) is 43.4 Å².